The average molecular weight is 419 g/mol. The van der Waals surface area contributed by atoms with Crippen LogP contribution >= 0.6 is 0 Å². The number of hydrogen-bond acceptors (Lipinski definition) is 9. The maximum absolute atomic E-state index is 12.6. The summed E-state index contributed by atoms with van der Waals surface area (Å²) in [5.74, 6) is -0.565. The first-order chi connectivity index (χ1) is 13.6. The maximum Gasteiger partial charge on any atom is 0.301 e. The largest absolute Gasteiger partial charge is 0.301 e. The molecule has 1 N–H and O–H groups in total. The topological polar surface area (TPSA) is 146 Å². The molecule has 0 saturated carbocycles. The number of carbonyl (C=O) groups excluding carboxylic acids is 1. The summed E-state index contributed by atoms with van der Waals surface area (Å²) >= 11 is 0. The zero-order valence-corrected chi connectivity index (χ0v) is 16.3. The SMILES string of the molecule is CC1=NN(C2=CCCC=C2)C(=O)C1=NN(O)c1ccc([N+](=O)[O-])c(S(C)(=O)=O)c1. The highest BCUT2D eigenvalue weighted by molar-refractivity contribution is 7.90. The number of nitro groups is 1. The number of rotatable bonds is 5. The molecule has 0 fully saturated rings. The van der Waals surface area contributed by atoms with Gasteiger partial charge in [-0.3, -0.25) is 20.1 Å². The van der Waals surface area contributed by atoms with Gasteiger partial charge in [-0.05, 0) is 38.0 Å². The molecule has 0 bridgehead atoms. The lowest BCUT2D eigenvalue weighted by Crippen LogP contribution is -2.29. The standard InChI is InChI=1S/C17H17N5O6S/c1-11-16(17(23)20(18-11)12-6-4-3-5-7-12)19-21(24)13-8-9-14(22(25)26)15(10-13)29(2,27)28/h4,6-10,24H,3,5H2,1-2H3. The van der Waals surface area contributed by atoms with Gasteiger partial charge in [0, 0.05) is 12.3 Å². The predicted octanol–water partition coefficient (Wildman–Crippen LogP) is 2.00. The molecule has 1 aliphatic carbocycles. The van der Waals surface area contributed by atoms with Crippen molar-refractivity contribution in [3.8, 4) is 0 Å². The highest BCUT2D eigenvalue weighted by Gasteiger charge is 2.32. The van der Waals surface area contributed by atoms with Gasteiger partial charge in [-0.1, -0.05) is 12.2 Å². The van der Waals surface area contributed by atoms with Crippen LogP contribution < -0.4 is 5.17 Å². The minimum Gasteiger partial charge on any atom is -0.267 e. The Morgan fingerprint density at radius 2 is 2.07 bits per heavy atom. The van der Waals surface area contributed by atoms with Crippen LogP contribution in [-0.2, 0) is 14.6 Å². The smallest absolute Gasteiger partial charge is 0.267 e. The van der Waals surface area contributed by atoms with Gasteiger partial charge in [0.25, 0.3) is 5.69 Å². The molecule has 1 heterocycles. The first kappa shape index (κ1) is 20.4. The van der Waals surface area contributed by atoms with E-state index in [2.05, 4.69) is 10.2 Å². The Bertz CT molecular complexity index is 1120. The van der Waals surface area contributed by atoms with Gasteiger partial charge in [0.05, 0.1) is 22.0 Å². The number of hydrazone groups is 2. The Balaban J connectivity index is 1.94. The fourth-order valence-corrected chi connectivity index (χ4v) is 3.63. The van der Waals surface area contributed by atoms with Crippen LogP contribution in [0, 0.1) is 10.1 Å². The lowest BCUT2D eigenvalue weighted by molar-refractivity contribution is -0.387. The summed E-state index contributed by atoms with van der Waals surface area (Å²) in [5.41, 5.74) is -0.107. The normalized spacial score (nSPS) is 18.1. The second-order valence-electron chi connectivity index (χ2n) is 6.33. The van der Waals surface area contributed by atoms with Crippen molar-refractivity contribution >= 4 is 38.5 Å². The predicted molar refractivity (Wildman–Crippen MR) is 104 cm³/mol. The van der Waals surface area contributed by atoms with E-state index in [4.69, 9.17) is 0 Å². The van der Waals surface area contributed by atoms with Crippen molar-refractivity contribution in [2.24, 2.45) is 10.2 Å². The van der Waals surface area contributed by atoms with Gasteiger partial charge in [0.2, 0.25) is 0 Å². The molecule has 0 saturated heterocycles. The van der Waals surface area contributed by atoms with Crippen LogP contribution in [0.1, 0.15) is 19.8 Å². The fourth-order valence-electron chi connectivity index (χ4n) is 2.77. The molecular weight excluding hydrogens is 402 g/mol. The first-order valence-electron chi connectivity index (χ1n) is 8.42. The van der Waals surface area contributed by atoms with Crippen molar-refractivity contribution in [2.75, 3.05) is 11.4 Å². The molecule has 3 rings (SSSR count). The van der Waals surface area contributed by atoms with Gasteiger partial charge >= 0.3 is 5.91 Å². The summed E-state index contributed by atoms with van der Waals surface area (Å²) in [4.78, 5) is 22.3. The van der Waals surface area contributed by atoms with E-state index in [1.54, 1.807) is 6.08 Å². The van der Waals surface area contributed by atoms with Gasteiger partial charge < -0.3 is 0 Å². The lowest BCUT2D eigenvalue weighted by Gasteiger charge is -2.15. The quantitative estimate of drug-likeness (QED) is 0.567. The molecule has 1 aromatic rings. The molecule has 152 valence electrons. The minimum absolute atomic E-state index is 0.147. The van der Waals surface area contributed by atoms with Crippen LogP contribution in [0.2, 0.25) is 0 Å². The molecule has 2 aliphatic rings. The Morgan fingerprint density at radius 3 is 2.66 bits per heavy atom. The number of carbonyl (C=O) groups is 1. The van der Waals surface area contributed by atoms with Gasteiger partial charge in [-0.25, -0.2) is 8.42 Å². The molecule has 11 nitrogen and oxygen atoms in total. The molecule has 0 aromatic heterocycles. The molecule has 0 atom stereocenters. The summed E-state index contributed by atoms with van der Waals surface area (Å²) in [6.07, 6.45) is 7.95. The zero-order valence-electron chi connectivity index (χ0n) is 15.5. The summed E-state index contributed by atoms with van der Waals surface area (Å²) in [7, 11) is -3.95. The number of nitro benzene ring substituents is 1. The molecule has 1 aliphatic heterocycles. The number of anilines is 1. The molecular formula is C17H17N5O6S. The second kappa shape index (κ2) is 7.56. The molecule has 0 radical (unpaired) electrons. The van der Waals surface area contributed by atoms with E-state index in [-0.39, 0.29) is 17.1 Å². The van der Waals surface area contributed by atoms with Crippen molar-refractivity contribution in [3.05, 3.63) is 52.2 Å². The number of sulfone groups is 1. The van der Waals surface area contributed by atoms with E-state index >= 15 is 0 Å². The van der Waals surface area contributed by atoms with Crippen molar-refractivity contribution in [1.82, 2.24) is 5.01 Å². The monoisotopic (exact) mass is 419 g/mol. The number of hydrogen-bond donors (Lipinski definition) is 1. The summed E-state index contributed by atoms with van der Waals surface area (Å²) in [6.45, 7) is 1.54. The third-order valence-electron chi connectivity index (χ3n) is 4.17. The second-order valence-corrected chi connectivity index (χ2v) is 8.31. The van der Waals surface area contributed by atoms with Gasteiger partial charge in [-0.15, -0.1) is 10.3 Å². The Hall–Kier alpha value is -3.38. The summed E-state index contributed by atoms with van der Waals surface area (Å²) < 4.78 is 23.7. The third-order valence-corrected chi connectivity index (χ3v) is 5.30. The van der Waals surface area contributed by atoms with Crippen LogP contribution in [0.5, 0.6) is 0 Å². The van der Waals surface area contributed by atoms with E-state index in [0.717, 1.165) is 42.3 Å². The van der Waals surface area contributed by atoms with Crippen LogP contribution in [0.15, 0.2) is 57.2 Å². The van der Waals surface area contributed by atoms with Crippen LogP contribution in [0.25, 0.3) is 0 Å². The van der Waals surface area contributed by atoms with Crippen molar-refractivity contribution in [2.45, 2.75) is 24.7 Å². The van der Waals surface area contributed by atoms with Gasteiger partial charge in [0.1, 0.15) is 4.90 Å². The molecule has 29 heavy (non-hydrogen) atoms. The van der Waals surface area contributed by atoms with E-state index in [9.17, 15) is 28.5 Å². The van der Waals surface area contributed by atoms with E-state index in [0.29, 0.717) is 10.9 Å². The highest BCUT2D eigenvalue weighted by Crippen LogP contribution is 2.29. The number of allylic oxidation sites excluding steroid dienone is 3. The highest BCUT2D eigenvalue weighted by atomic mass is 32.2. The third kappa shape index (κ3) is 4.07. The Morgan fingerprint density at radius 1 is 1.34 bits per heavy atom. The minimum atomic E-state index is -3.95. The first-order valence-corrected chi connectivity index (χ1v) is 10.3. The fraction of sp³-hybridized carbons (Fsp3) is 0.235. The van der Waals surface area contributed by atoms with E-state index < -0.39 is 31.3 Å². The molecule has 1 amide bonds. The van der Waals surface area contributed by atoms with Crippen molar-refractivity contribution < 1.29 is 23.3 Å². The zero-order chi connectivity index (χ0) is 21.3. The summed E-state index contributed by atoms with van der Waals surface area (Å²) in [5, 5.41) is 30.7. The van der Waals surface area contributed by atoms with E-state index in [1.165, 1.54) is 6.92 Å². The van der Waals surface area contributed by atoms with Crippen LogP contribution in [0.4, 0.5) is 11.4 Å². The van der Waals surface area contributed by atoms with Gasteiger partial charge in [-0.2, -0.15) is 10.1 Å². The lowest BCUT2D eigenvalue weighted by atomic mass is 10.1. The summed E-state index contributed by atoms with van der Waals surface area (Å²) in [6, 6.07) is 2.97. The number of amides is 1. The Kier molecular flexibility index (Phi) is 5.31. The molecule has 12 heteroatoms. The number of benzene rings is 1. The van der Waals surface area contributed by atoms with Crippen molar-refractivity contribution in [1.29, 1.82) is 0 Å². The average Bonchev–Trinajstić information content (AvgIpc) is 2.95. The molecule has 1 aromatic carbocycles. The van der Waals surface area contributed by atoms with Crippen LogP contribution in [-0.4, -0.2) is 47.1 Å². The van der Waals surface area contributed by atoms with Crippen LogP contribution in [0.3, 0.4) is 0 Å². The van der Waals surface area contributed by atoms with Gasteiger partial charge in [0.15, 0.2) is 15.5 Å². The molecule has 0 unspecified atom stereocenters. The number of nitrogens with zero attached hydrogens (tertiary/aromatic N) is 5. The van der Waals surface area contributed by atoms with E-state index in [1.807, 2.05) is 12.2 Å². The van der Waals surface area contributed by atoms with Crippen molar-refractivity contribution in [3.63, 3.8) is 0 Å². The maximum atomic E-state index is 12.6. The Labute approximate surface area is 165 Å². The molecule has 0 spiro atoms.